The Hall–Kier alpha value is -1.08. The lowest BCUT2D eigenvalue weighted by Crippen LogP contribution is -2.33. The van der Waals surface area contributed by atoms with E-state index in [2.05, 4.69) is 0 Å². The third-order valence-corrected chi connectivity index (χ3v) is 1.90. The van der Waals surface area contributed by atoms with Crippen LogP contribution in [-0.2, 0) is 9.53 Å². The lowest BCUT2D eigenvalue weighted by atomic mass is 10.2. The van der Waals surface area contributed by atoms with Gasteiger partial charge in [0.15, 0.2) is 0 Å². The summed E-state index contributed by atoms with van der Waals surface area (Å²) in [6.45, 7) is 2.29. The molecule has 0 spiro atoms. The van der Waals surface area contributed by atoms with Crippen molar-refractivity contribution in [1.29, 1.82) is 5.26 Å². The molecule has 4 nitrogen and oxygen atoms in total. The van der Waals surface area contributed by atoms with E-state index >= 15 is 0 Å². The van der Waals surface area contributed by atoms with E-state index in [9.17, 15) is 4.79 Å². The molecule has 1 unspecified atom stereocenters. The lowest BCUT2D eigenvalue weighted by Gasteiger charge is -2.18. The van der Waals surface area contributed by atoms with Crippen LogP contribution in [0.15, 0.2) is 0 Å². The van der Waals surface area contributed by atoms with Gasteiger partial charge in [0.05, 0.1) is 6.07 Å². The van der Waals surface area contributed by atoms with Crippen LogP contribution >= 0.6 is 0 Å². The van der Waals surface area contributed by atoms with Gasteiger partial charge in [0.1, 0.15) is 6.04 Å². The number of methoxy groups -OCH3 is 1. The first kappa shape index (κ1) is 11.9. The fourth-order valence-electron chi connectivity index (χ4n) is 0.847. The number of carbonyl (C=O) groups is 1. The highest BCUT2D eigenvalue weighted by Gasteiger charge is 2.13. The minimum atomic E-state index is -0.352. The zero-order valence-electron chi connectivity index (χ0n) is 8.41. The van der Waals surface area contributed by atoms with Gasteiger partial charge in [0.2, 0.25) is 5.91 Å². The molecule has 0 aliphatic carbocycles. The number of nitrogens with zero attached hydrogens (tertiary/aromatic N) is 2. The van der Waals surface area contributed by atoms with Crippen molar-refractivity contribution in [2.45, 2.75) is 25.8 Å². The summed E-state index contributed by atoms with van der Waals surface area (Å²) in [6.07, 6.45) is 1.15. The fraction of sp³-hybridized carbons (Fsp3) is 0.778. The minimum Gasteiger partial charge on any atom is -0.385 e. The van der Waals surface area contributed by atoms with Crippen LogP contribution in [0.25, 0.3) is 0 Å². The Balaban J connectivity index is 3.77. The third-order valence-electron chi connectivity index (χ3n) is 1.90. The summed E-state index contributed by atoms with van der Waals surface area (Å²) in [5, 5.41) is 8.56. The van der Waals surface area contributed by atoms with Crippen LogP contribution in [0.2, 0.25) is 0 Å². The molecule has 74 valence electrons. The first-order chi connectivity index (χ1) is 6.13. The summed E-state index contributed by atoms with van der Waals surface area (Å²) in [7, 11) is 3.25. The van der Waals surface area contributed by atoms with Crippen molar-refractivity contribution in [1.82, 2.24) is 4.90 Å². The average Bonchev–Trinajstić information content (AvgIpc) is 2.15. The van der Waals surface area contributed by atoms with Gasteiger partial charge in [0, 0.05) is 27.2 Å². The van der Waals surface area contributed by atoms with Gasteiger partial charge in [-0.3, -0.25) is 4.79 Å². The predicted molar refractivity (Wildman–Crippen MR) is 49.0 cm³/mol. The molecule has 0 saturated heterocycles. The van der Waals surface area contributed by atoms with E-state index in [0.717, 1.165) is 0 Å². The van der Waals surface area contributed by atoms with Crippen molar-refractivity contribution in [3.8, 4) is 6.07 Å². The molecular formula is C9H16N2O2. The van der Waals surface area contributed by atoms with Gasteiger partial charge in [-0.1, -0.05) is 0 Å². The van der Waals surface area contributed by atoms with Crippen molar-refractivity contribution in [2.24, 2.45) is 0 Å². The summed E-state index contributed by atoms with van der Waals surface area (Å²) in [5.41, 5.74) is 0. The summed E-state index contributed by atoms with van der Waals surface area (Å²) in [6, 6.07) is 1.66. The highest BCUT2D eigenvalue weighted by Crippen LogP contribution is 2.00. The number of nitriles is 1. The van der Waals surface area contributed by atoms with Crippen molar-refractivity contribution in [3.05, 3.63) is 0 Å². The quantitative estimate of drug-likeness (QED) is 0.593. The first-order valence-electron chi connectivity index (χ1n) is 4.27. The molecule has 1 atom stereocenters. The van der Waals surface area contributed by atoms with E-state index in [-0.39, 0.29) is 11.9 Å². The normalized spacial score (nSPS) is 11.8. The number of ether oxygens (including phenoxy) is 1. The van der Waals surface area contributed by atoms with Crippen LogP contribution in [0.5, 0.6) is 0 Å². The van der Waals surface area contributed by atoms with Crippen LogP contribution in [0, 0.1) is 11.3 Å². The monoisotopic (exact) mass is 184 g/mol. The summed E-state index contributed by atoms with van der Waals surface area (Å²) < 4.78 is 4.82. The topological polar surface area (TPSA) is 53.3 Å². The van der Waals surface area contributed by atoms with Gasteiger partial charge in [-0.15, -0.1) is 0 Å². The van der Waals surface area contributed by atoms with E-state index in [0.29, 0.717) is 19.4 Å². The van der Waals surface area contributed by atoms with E-state index in [1.54, 1.807) is 21.1 Å². The Morgan fingerprint density at radius 2 is 2.31 bits per heavy atom. The molecule has 0 aromatic heterocycles. The molecule has 4 heteroatoms. The molecule has 13 heavy (non-hydrogen) atoms. The standard InChI is InChI=1S/C9H16N2O2/c1-8(7-10)11(2)9(12)5-4-6-13-3/h8H,4-6H2,1-3H3. The highest BCUT2D eigenvalue weighted by molar-refractivity contribution is 5.76. The summed E-state index contributed by atoms with van der Waals surface area (Å²) in [5.74, 6) is -0.00824. The largest absolute Gasteiger partial charge is 0.385 e. The van der Waals surface area contributed by atoms with Gasteiger partial charge < -0.3 is 9.64 Å². The maximum absolute atomic E-state index is 11.3. The van der Waals surface area contributed by atoms with Crippen LogP contribution in [0.4, 0.5) is 0 Å². The molecule has 0 fully saturated rings. The smallest absolute Gasteiger partial charge is 0.223 e. The fourth-order valence-corrected chi connectivity index (χ4v) is 0.847. The van der Waals surface area contributed by atoms with Gasteiger partial charge in [-0.05, 0) is 13.3 Å². The van der Waals surface area contributed by atoms with E-state index in [4.69, 9.17) is 10.00 Å². The second-order valence-corrected chi connectivity index (χ2v) is 2.91. The molecular weight excluding hydrogens is 168 g/mol. The van der Waals surface area contributed by atoms with Crippen LogP contribution < -0.4 is 0 Å². The molecule has 0 aliphatic heterocycles. The third kappa shape index (κ3) is 4.48. The predicted octanol–water partition coefficient (Wildman–Crippen LogP) is 0.783. The Bertz CT molecular complexity index is 198. The Morgan fingerprint density at radius 3 is 2.77 bits per heavy atom. The second-order valence-electron chi connectivity index (χ2n) is 2.91. The van der Waals surface area contributed by atoms with Crippen LogP contribution in [-0.4, -0.2) is 37.6 Å². The summed E-state index contributed by atoms with van der Waals surface area (Å²) >= 11 is 0. The minimum absolute atomic E-state index is 0.00824. The van der Waals surface area contributed by atoms with Crippen molar-refractivity contribution in [3.63, 3.8) is 0 Å². The zero-order valence-corrected chi connectivity index (χ0v) is 8.41. The number of hydrogen-bond acceptors (Lipinski definition) is 3. The SMILES string of the molecule is COCCCC(=O)N(C)C(C)C#N. The maximum Gasteiger partial charge on any atom is 0.223 e. The summed E-state index contributed by atoms with van der Waals surface area (Å²) in [4.78, 5) is 12.8. The molecule has 0 saturated carbocycles. The van der Waals surface area contributed by atoms with E-state index < -0.39 is 0 Å². The van der Waals surface area contributed by atoms with Gasteiger partial charge >= 0.3 is 0 Å². The average molecular weight is 184 g/mol. The molecule has 0 heterocycles. The van der Waals surface area contributed by atoms with Crippen molar-refractivity contribution in [2.75, 3.05) is 20.8 Å². The number of rotatable bonds is 5. The van der Waals surface area contributed by atoms with Gasteiger partial charge in [-0.2, -0.15) is 5.26 Å². The van der Waals surface area contributed by atoms with Crippen LogP contribution in [0.3, 0.4) is 0 Å². The number of amides is 1. The van der Waals surface area contributed by atoms with E-state index in [1.165, 1.54) is 4.90 Å². The van der Waals surface area contributed by atoms with Gasteiger partial charge in [-0.25, -0.2) is 0 Å². The molecule has 0 bridgehead atoms. The molecule has 0 rings (SSSR count). The number of hydrogen-bond donors (Lipinski definition) is 0. The Labute approximate surface area is 79.1 Å². The molecule has 1 amide bonds. The van der Waals surface area contributed by atoms with Crippen molar-refractivity contribution < 1.29 is 9.53 Å². The molecule has 0 aromatic carbocycles. The lowest BCUT2D eigenvalue weighted by molar-refractivity contribution is -0.131. The second kappa shape index (κ2) is 6.44. The highest BCUT2D eigenvalue weighted by atomic mass is 16.5. The first-order valence-corrected chi connectivity index (χ1v) is 4.27. The maximum atomic E-state index is 11.3. The van der Waals surface area contributed by atoms with Crippen molar-refractivity contribution >= 4 is 5.91 Å². The Kier molecular flexibility index (Phi) is 5.90. The number of carbonyl (C=O) groups excluding carboxylic acids is 1. The van der Waals surface area contributed by atoms with Crippen LogP contribution in [0.1, 0.15) is 19.8 Å². The van der Waals surface area contributed by atoms with E-state index in [1.807, 2.05) is 6.07 Å². The zero-order chi connectivity index (χ0) is 10.3. The van der Waals surface area contributed by atoms with Gasteiger partial charge in [0.25, 0.3) is 0 Å². The Morgan fingerprint density at radius 1 is 1.69 bits per heavy atom. The molecule has 0 aliphatic rings. The molecule has 0 N–H and O–H groups in total. The molecule has 0 radical (unpaired) electrons. The molecule has 0 aromatic rings.